The topological polar surface area (TPSA) is 55.4 Å². The summed E-state index contributed by atoms with van der Waals surface area (Å²) < 4.78 is 5.32. The summed E-state index contributed by atoms with van der Waals surface area (Å²) in [5.41, 5.74) is 2.37. The minimum atomic E-state index is -0.592. The number of benzene rings is 2. The van der Waals surface area contributed by atoms with E-state index in [9.17, 15) is 9.59 Å². The summed E-state index contributed by atoms with van der Waals surface area (Å²) in [6.07, 6.45) is 0. The predicted octanol–water partition coefficient (Wildman–Crippen LogP) is 3.98. The standard InChI is InChI=1S/C22H25NO3/c1-16(2)15-26-22(25)20(17(3)24)21(19-12-8-5-9-13-19)23-14-18-10-6-4-7-11-18/h4-13,16,23H,14-15H2,1-3H3/b21-20+. The lowest BCUT2D eigenvalue weighted by Crippen LogP contribution is -2.23. The monoisotopic (exact) mass is 351 g/mol. The van der Waals surface area contributed by atoms with E-state index in [1.165, 1.54) is 6.92 Å². The molecule has 0 unspecified atom stereocenters. The van der Waals surface area contributed by atoms with Crippen LogP contribution >= 0.6 is 0 Å². The van der Waals surface area contributed by atoms with Gasteiger partial charge in [0.25, 0.3) is 0 Å². The van der Waals surface area contributed by atoms with Crippen molar-refractivity contribution in [2.24, 2.45) is 5.92 Å². The number of carbonyl (C=O) groups is 2. The van der Waals surface area contributed by atoms with Crippen LogP contribution in [0.25, 0.3) is 5.70 Å². The van der Waals surface area contributed by atoms with Gasteiger partial charge in [-0.15, -0.1) is 0 Å². The van der Waals surface area contributed by atoms with Crippen LogP contribution in [0, 0.1) is 5.92 Å². The van der Waals surface area contributed by atoms with Gasteiger partial charge in [0.05, 0.1) is 12.3 Å². The first kappa shape index (κ1) is 19.4. The summed E-state index contributed by atoms with van der Waals surface area (Å²) in [5.74, 6) is -0.714. The fourth-order valence-corrected chi connectivity index (χ4v) is 2.46. The molecule has 2 aromatic rings. The van der Waals surface area contributed by atoms with Crippen molar-refractivity contribution in [3.05, 3.63) is 77.4 Å². The first-order valence-corrected chi connectivity index (χ1v) is 8.74. The van der Waals surface area contributed by atoms with E-state index >= 15 is 0 Å². The maximum Gasteiger partial charge on any atom is 0.343 e. The summed E-state index contributed by atoms with van der Waals surface area (Å²) >= 11 is 0. The van der Waals surface area contributed by atoms with Gasteiger partial charge in [-0.3, -0.25) is 4.79 Å². The van der Waals surface area contributed by atoms with Crippen LogP contribution in [0.4, 0.5) is 0 Å². The van der Waals surface area contributed by atoms with Crippen molar-refractivity contribution in [2.75, 3.05) is 6.61 Å². The minimum Gasteiger partial charge on any atom is -0.462 e. The third-order valence-electron chi connectivity index (χ3n) is 3.73. The molecule has 2 aromatic carbocycles. The van der Waals surface area contributed by atoms with Crippen molar-refractivity contribution in [2.45, 2.75) is 27.3 Å². The lowest BCUT2D eigenvalue weighted by molar-refractivity contribution is -0.141. The number of hydrogen-bond acceptors (Lipinski definition) is 4. The first-order chi connectivity index (χ1) is 12.5. The molecule has 0 radical (unpaired) electrons. The smallest absolute Gasteiger partial charge is 0.343 e. The number of esters is 1. The molecule has 0 fully saturated rings. The molecule has 0 spiro atoms. The van der Waals surface area contributed by atoms with Crippen molar-refractivity contribution in [3.8, 4) is 0 Å². The predicted molar refractivity (Wildman–Crippen MR) is 103 cm³/mol. The average Bonchev–Trinajstić information content (AvgIpc) is 2.64. The van der Waals surface area contributed by atoms with Crippen molar-refractivity contribution < 1.29 is 14.3 Å². The van der Waals surface area contributed by atoms with Crippen LogP contribution in [0.5, 0.6) is 0 Å². The molecule has 4 heteroatoms. The van der Waals surface area contributed by atoms with Gasteiger partial charge in [0, 0.05) is 6.54 Å². The van der Waals surface area contributed by atoms with Crippen molar-refractivity contribution >= 4 is 17.4 Å². The quantitative estimate of drug-likeness (QED) is 0.338. The molecule has 26 heavy (non-hydrogen) atoms. The first-order valence-electron chi connectivity index (χ1n) is 8.74. The van der Waals surface area contributed by atoms with E-state index in [1.807, 2.05) is 74.5 Å². The Kier molecular flexibility index (Phi) is 7.15. The molecule has 0 aliphatic carbocycles. The summed E-state index contributed by atoms with van der Waals surface area (Å²) in [6.45, 7) is 6.07. The molecule has 0 heterocycles. The molecular formula is C22H25NO3. The molecular weight excluding hydrogens is 326 g/mol. The van der Waals surface area contributed by atoms with E-state index in [1.54, 1.807) is 0 Å². The van der Waals surface area contributed by atoms with Gasteiger partial charge >= 0.3 is 5.97 Å². The highest BCUT2D eigenvalue weighted by atomic mass is 16.5. The van der Waals surface area contributed by atoms with Gasteiger partial charge in [0.15, 0.2) is 5.78 Å². The highest BCUT2D eigenvalue weighted by Crippen LogP contribution is 2.19. The summed E-state index contributed by atoms with van der Waals surface area (Å²) in [7, 11) is 0. The zero-order chi connectivity index (χ0) is 18.9. The molecule has 4 nitrogen and oxygen atoms in total. The molecule has 2 rings (SSSR count). The molecule has 0 aromatic heterocycles. The third-order valence-corrected chi connectivity index (χ3v) is 3.73. The maximum absolute atomic E-state index is 12.6. The Morgan fingerprint density at radius 2 is 1.54 bits per heavy atom. The van der Waals surface area contributed by atoms with Gasteiger partial charge in [-0.05, 0) is 24.0 Å². The maximum atomic E-state index is 12.6. The van der Waals surface area contributed by atoms with Gasteiger partial charge in [-0.2, -0.15) is 0 Å². The van der Waals surface area contributed by atoms with Crippen molar-refractivity contribution in [1.82, 2.24) is 5.32 Å². The Morgan fingerprint density at radius 3 is 2.08 bits per heavy atom. The fraction of sp³-hybridized carbons (Fsp3) is 0.273. The Balaban J connectivity index is 2.38. The number of ether oxygens (including phenoxy) is 1. The van der Waals surface area contributed by atoms with Gasteiger partial charge in [0.2, 0.25) is 0 Å². The van der Waals surface area contributed by atoms with Gasteiger partial charge < -0.3 is 10.1 Å². The van der Waals surface area contributed by atoms with E-state index in [2.05, 4.69) is 5.32 Å². The lowest BCUT2D eigenvalue weighted by Gasteiger charge is -2.16. The normalized spacial score (nSPS) is 11.7. The molecule has 1 N–H and O–H groups in total. The molecule has 0 aliphatic heterocycles. The van der Waals surface area contributed by atoms with Gasteiger partial charge in [0.1, 0.15) is 5.57 Å². The van der Waals surface area contributed by atoms with E-state index in [0.29, 0.717) is 12.2 Å². The van der Waals surface area contributed by atoms with Crippen molar-refractivity contribution in [1.29, 1.82) is 0 Å². The molecule has 0 saturated heterocycles. The fourth-order valence-electron chi connectivity index (χ4n) is 2.46. The molecule has 0 bridgehead atoms. The Labute approximate surface area is 154 Å². The SMILES string of the molecule is CC(=O)/C(C(=O)OCC(C)C)=C(\NCc1ccccc1)c1ccccc1. The van der Waals surface area contributed by atoms with Crippen LogP contribution in [0.2, 0.25) is 0 Å². The molecule has 136 valence electrons. The second-order valence-electron chi connectivity index (χ2n) is 6.50. The highest BCUT2D eigenvalue weighted by molar-refractivity contribution is 6.21. The van der Waals surface area contributed by atoms with E-state index in [4.69, 9.17) is 4.74 Å². The number of hydrogen-bond donors (Lipinski definition) is 1. The summed E-state index contributed by atoms with van der Waals surface area (Å²) in [4.78, 5) is 24.8. The minimum absolute atomic E-state index is 0.0489. The van der Waals surface area contributed by atoms with Crippen LogP contribution in [0.3, 0.4) is 0 Å². The number of Topliss-reactive ketones (excluding diaryl/α,β-unsaturated/α-hetero) is 1. The van der Waals surface area contributed by atoms with E-state index < -0.39 is 5.97 Å². The van der Waals surface area contributed by atoms with E-state index in [-0.39, 0.29) is 23.9 Å². The largest absolute Gasteiger partial charge is 0.462 e. The van der Waals surface area contributed by atoms with E-state index in [0.717, 1.165) is 11.1 Å². The number of nitrogens with one attached hydrogen (secondary N) is 1. The van der Waals surface area contributed by atoms with Crippen LogP contribution in [0.1, 0.15) is 31.9 Å². The Bertz CT molecular complexity index is 764. The highest BCUT2D eigenvalue weighted by Gasteiger charge is 2.23. The van der Waals surface area contributed by atoms with Crippen molar-refractivity contribution in [3.63, 3.8) is 0 Å². The lowest BCUT2D eigenvalue weighted by atomic mass is 10.0. The summed E-state index contributed by atoms with van der Waals surface area (Å²) in [6, 6.07) is 19.2. The van der Waals surface area contributed by atoms with Crippen LogP contribution in [-0.2, 0) is 20.9 Å². The zero-order valence-electron chi connectivity index (χ0n) is 15.5. The summed E-state index contributed by atoms with van der Waals surface area (Å²) in [5, 5.41) is 3.26. The molecule has 0 atom stereocenters. The number of ketones is 1. The Hall–Kier alpha value is -2.88. The van der Waals surface area contributed by atoms with Crippen LogP contribution < -0.4 is 5.32 Å². The molecule has 0 amide bonds. The third kappa shape index (κ3) is 5.59. The average molecular weight is 351 g/mol. The Morgan fingerprint density at radius 1 is 0.962 bits per heavy atom. The molecule has 0 aliphatic rings. The van der Waals surface area contributed by atoms with Crippen LogP contribution in [-0.4, -0.2) is 18.4 Å². The number of carbonyl (C=O) groups excluding carboxylic acids is 2. The second kappa shape index (κ2) is 9.56. The van der Waals surface area contributed by atoms with Gasteiger partial charge in [-0.25, -0.2) is 4.79 Å². The second-order valence-corrected chi connectivity index (χ2v) is 6.50. The molecule has 0 saturated carbocycles. The number of rotatable bonds is 8. The van der Waals surface area contributed by atoms with Crippen LogP contribution in [0.15, 0.2) is 66.2 Å². The van der Waals surface area contributed by atoms with Gasteiger partial charge in [-0.1, -0.05) is 74.5 Å². The zero-order valence-corrected chi connectivity index (χ0v) is 15.5.